The van der Waals surface area contributed by atoms with Crippen LogP contribution in [0.2, 0.25) is 0 Å². The number of halogens is 6. The number of benzene rings is 2. The molecule has 228 valence electrons. The number of pyridine rings is 1. The fraction of sp³-hybridized carbons (Fsp3) is 0.290. The minimum absolute atomic E-state index is 0.0807. The molecule has 0 bridgehead atoms. The topological polar surface area (TPSA) is 88.9 Å². The lowest BCUT2D eigenvalue weighted by Crippen LogP contribution is -2.34. The van der Waals surface area contributed by atoms with Gasteiger partial charge in [0.1, 0.15) is 24.0 Å². The van der Waals surface area contributed by atoms with Gasteiger partial charge in [0.15, 0.2) is 5.69 Å². The number of hydrogen-bond donors (Lipinski definition) is 2. The second kappa shape index (κ2) is 11.1. The van der Waals surface area contributed by atoms with Gasteiger partial charge in [0.25, 0.3) is 5.91 Å². The molecule has 0 aliphatic heterocycles. The smallest absolute Gasteiger partial charge is 0.355 e. The van der Waals surface area contributed by atoms with E-state index in [1.54, 1.807) is 12.1 Å². The maximum Gasteiger partial charge on any atom is 0.435 e. The first kappa shape index (κ1) is 29.4. The molecule has 2 heterocycles. The fourth-order valence-electron chi connectivity index (χ4n) is 6.04. The largest absolute Gasteiger partial charge is 0.435 e. The van der Waals surface area contributed by atoms with E-state index in [4.69, 9.17) is 0 Å². The minimum atomic E-state index is -4.67. The molecule has 6 rings (SSSR count). The average Bonchev–Trinajstić information content (AvgIpc) is 3.47. The number of alkyl halides is 3. The Hall–Kier alpha value is -4.68. The molecule has 1 fully saturated rings. The first-order valence-corrected chi connectivity index (χ1v) is 13.8. The molecule has 4 aromatic rings. The van der Waals surface area contributed by atoms with Crippen LogP contribution in [0.25, 0.3) is 11.1 Å². The lowest BCUT2D eigenvalue weighted by Gasteiger charge is -2.22. The Kier molecular flexibility index (Phi) is 7.42. The van der Waals surface area contributed by atoms with Gasteiger partial charge in [-0.3, -0.25) is 19.3 Å². The molecule has 44 heavy (non-hydrogen) atoms. The van der Waals surface area contributed by atoms with Crippen LogP contribution in [0.15, 0.2) is 54.7 Å². The van der Waals surface area contributed by atoms with Gasteiger partial charge in [0.2, 0.25) is 5.91 Å². The van der Waals surface area contributed by atoms with E-state index in [1.807, 2.05) is 0 Å². The zero-order valence-corrected chi connectivity index (χ0v) is 23.2. The minimum Gasteiger partial charge on any atom is -0.355 e. The molecule has 1 saturated carbocycles. The Bertz CT molecular complexity index is 1770. The molecule has 7 nitrogen and oxygen atoms in total. The van der Waals surface area contributed by atoms with Gasteiger partial charge in [0, 0.05) is 42.0 Å². The van der Waals surface area contributed by atoms with E-state index in [9.17, 15) is 35.9 Å². The maximum atomic E-state index is 14.4. The summed E-state index contributed by atoms with van der Waals surface area (Å²) in [5, 5.41) is 8.89. The molecule has 3 atom stereocenters. The van der Waals surface area contributed by atoms with E-state index in [0.717, 1.165) is 29.3 Å². The molecule has 0 spiro atoms. The van der Waals surface area contributed by atoms with Gasteiger partial charge in [-0.1, -0.05) is 12.1 Å². The number of aromatic nitrogens is 3. The number of hydrogen-bond acceptors (Lipinski definition) is 4. The van der Waals surface area contributed by atoms with E-state index in [2.05, 4.69) is 20.7 Å². The molecule has 2 amide bonds. The van der Waals surface area contributed by atoms with E-state index in [-0.39, 0.29) is 47.1 Å². The molecule has 2 aliphatic rings. The highest BCUT2D eigenvalue weighted by atomic mass is 19.4. The molecule has 13 heteroatoms. The predicted octanol–water partition coefficient (Wildman–Crippen LogP) is 5.50. The number of amides is 2. The van der Waals surface area contributed by atoms with E-state index < -0.39 is 53.7 Å². The van der Waals surface area contributed by atoms with Crippen LogP contribution < -0.4 is 10.6 Å². The number of rotatable bonds is 8. The number of carbonyl (C=O) groups is 2. The number of fused-ring (bicyclic) bond motifs is 3. The van der Waals surface area contributed by atoms with Crippen molar-refractivity contribution in [3.8, 4) is 11.1 Å². The van der Waals surface area contributed by atoms with Crippen LogP contribution in [-0.4, -0.2) is 33.6 Å². The summed E-state index contributed by atoms with van der Waals surface area (Å²) in [5.74, 6) is -3.78. The van der Waals surface area contributed by atoms with Gasteiger partial charge < -0.3 is 10.6 Å². The quantitative estimate of drug-likeness (QED) is 0.257. The van der Waals surface area contributed by atoms with Crippen molar-refractivity contribution in [2.45, 2.75) is 43.9 Å². The second-order valence-corrected chi connectivity index (χ2v) is 11.0. The Labute approximate surface area is 247 Å². The standard InChI is InChI=1S/C31H25F6N5O2/c1-38-30(44)22-10-16(4-5-24(22)34)20-3-2-6-39-27(20)25(9-15-7-18(32)13-19(33)8-15)40-26(43)14-42-28-21-11-17(21)12-23(28)29(41-42)31(35,36)37/h2-8,10,13,17,21,25H,9,11-12,14H2,1H3,(H,38,44)(H,40,43)/t17?,21?,25-/m0/s1. The van der Waals surface area contributed by atoms with E-state index >= 15 is 0 Å². The van der Waals surface area contributed by atoms with Crippen LogP contribution in [-0.2, 0) is 30.4 Å². The number of nitrogens with zero attached hydrogens (tertiary/aromatic N) is 3. The molecule has 2 aliphatic carbocycles. The third-order valence-electron chi connectivity index (χ3n) is 8.01. The van der Waals surface area contributed by atoms with Crippen LogP contribution in [0.5, 0.6) is 0 Å². The lowest BCUT2D eigenvalue weighted by atomic mass is 9.94. The Morgan fingerprint density at radius 2 is 1.82 bits per heavy atom. The highest BCUT2D eigenvalue weighted by Gasteiger charge is 2.53. The van der Waals surface area contributed by atoms with Crippen molar-refractivity contribution in [2.24, 2.45) is 5.92 Å². The van der Waals surface area contributed by atoms with Gasteiger partial charge in [-0.15, -0.1) is 0 Å². The van der Waals surface area contributed by atoms with Crippen molar-refractivity contribution in [3.63, 3.8) is 0 Å². The summed E-state index contributed by atoms with van der Waals surface area (Å²) in [4.78, 5) is 30.1. The van der Waals surface area contributed by atoms with Crippen LogP contribution in [0.3, 0.4) is 0 Å². The van der Waals surface area contributed by atoms with Crippen molar-refractivity contribution in [1.82, 2.24) is 25.4 Å². The van der Waals surface area contributed by atoms with Crippen molar-refractivity contribution in [2.75, 3.05) is 7.05 Å². The molecular formula is C31H25F6N5O2. The van der Waals surface area contributed by atoms with Crippen molar-refractivity contribution in [3.05, 3.63) is 106 Å². The fourth-order valence-corrected chi connectivity index (χ4v) is 6.04. The van der Waals surface area contributed by atoms with Gasteiger partial charge in [0.05, 0.1) is 17.3 Å². The summed E-state index contributed by atoms with van der Waals surface area (Å²) in [5.41, 5.74) is 0.464. The molecule has 2 aromatic carbocycles. The van der Waals surface area contributed by atoms with Crippen molar-refractivity contribution >= 4 is 11.8 Å². The molecule has 2 aromatic heterocycles. The average molecular weight is 614 g/mol. The van der Waals surface area contributed by atoms with Crippen LogP contribution in [0, 0.1) is 23.4 Å². The van der Waals surface area contributed by atoms with E-state index in [0.29, 0.717) is 22.9 Å². The zero-order valence-electron chi connectivity index (χ0n) is 23.2. The monoisotopic (exact) mass is 613 g/mol. The SMILES string of the molecule is CNC(=O)c1cc(-c2cccnc2[C@H](Cc2cc(F)cc(F)c2)NC(=O)Cn2nc(C(F)(F)F)c3c2C2CC2C3)ccc1F. The normalized spacial score (nSPS) is 17.5. The molecule has 2 N–H and O–H groups in total. The van der Waals surface area contributed by atoms with Crippen molar-refractivity contribution in [1.29, 1.82) is 0 Å². The summed E-state index contributed by atoms with van der Waals surface area (Å²) >= 11 is 0. The van der Waals surface area contributed by atoms with Gasteiger partial charge in [-0.25, -0.2) is 13.2 Å². The zero-order chi connectivity index (χ0) is 31.3. The van der Waals surface area contributed by atoms with Gasteiger partial charge in [-0.05, 0) is 66.6 Å². The molecule has 2 unspecified atom stereocenters. The summed E-state index contributed by atoms with van der Waals surface area (Å²) in [6, 6.07) is 8.89. The Balaban J connectivity index is 1.36. The first-order valence-electron chi connectivity index (χ1n) is 13.8. The summed E-state index contributed by atoms with van der Waals surface area (Å²) < 4.78 is 84.9. The number of nitrogens with one attached hydrogen (secondary N) is 2. The second-order valence-electron chi connectivity index (χ2n) is 11.0. The third kappa shape index (κ3) is 5.65. The van der Waals surface area contributed by atoms with E-state index in [1.165, 1.54) is 25.4 Å². The summed E-state index contributed by atoms with van der Waals surface area (Å²) in [7, 11) is 1.35. The summed E-state index contributed by atoms with van der Waals surface area (Å²) in [6.45, 7) is -0.519. The summed E-state index contributed by atoms with van der Waals surface area (Å²) in [6.07, 6.45) is -2.39. The van der Waals surface area contributed by atoms with Gasteiger partial charge in [-0.2, -0.15) is 18.3 Å². The third-order valence-corrected chi connectivity index (χ3v) is 8.01. The first-order chi connectivity index (χ1) is 20.9. The Morgan fingerprint density at radius 1 is 1.07 bits per heavy atom. The Morgan fingerprint density at radius 3 is 2.52 bits per heavy atom. The maximum absolute atomic E-state index is 14.4. The highest BCUT2D eigenvalue weighted by Crippen LogP contribution is 2.58. The van der Waals surface area contributed by atoms with Gasteiger partial charge >= 0.3 is 6.18 Å². The lowest BCUT2D eigenvalue weighted by molar-refractivity contribution is -0.142. The number of carbonyl (C=O) groups excluding carboxylic acids is 2. The van der Waals surface area contributed by atoms with Crippen molar-refractivity contribution < 1.29 is 35.9 Å². The van der Waals surface area contributed by atoms with Crippen LogP contribution >= 0.6 is 0 Å². The van der Waals surface area contributed by atoms with Crippen LogP contribution in [0.1, 0.15) is 56.9 Å². The molecule has 0 saturated heterocycles. The highest BCUT2D eigenvalue weighted by molar-refractivity contribution is 5.95. The van der Waals surface area contributed by atoms with Crippen LogP contribution in [0.4, 0.5) is 26.3 Å². The molecular weight excluding hydrogens is 588 g/mol. The molecule has 0 radical (unpaired) electrons. The predicted molar refractivity (Wildman–Crippen MR) is 146 cm³/mol.